The average Bonchev–Trinajstić information content (AvgIpc) is 1.43. The van der Waals surface area contributed by atoms with E-state index in [0.717, 1.165) is 31.4 Å². The van der Waals surface area contributed by atoms with Crippen molar-refractivity contribution in [1.82, 2.24) is 97.6 Å². The molecule has 10 rings (SSSR count). The number of likely N-dealkylation sites (N-methyl/N-ethyl adjacent to an activating group) is 2. The molecule has 3 aromatic carbocycles. The minimum absolute atomic E-state index is 0.000298. The molecule has 732 valence electrons. The standard InChI is InChI=1S/C91H126N22O21S/c1-7-9-22-70-83(125)101-61(21-15-29-92)79(121)108-69(78(120)98-43-76(94)118)47-135-48-77(119)100-65(34-51-25-27-55(115)28-26-51)88(130)112-31-32-134-46-74(112)86(128)106-67(39-75(93)117)89(131)111-30-16-24-71(111)84(126)103-63(37-54-42-95-49-99-54)81(123)104-64(33-50(3)4)90(132)113-44-56(116)38-73(113)85(127)102-62(35-52-40-96-59-19-13-11-17-57(52)59)80(122)107-68(45-114)82(124)105-66(36-53-41-97-60-20-14-12-18-58(53)60)87(129)110(6)72(23-10-8-2)91(133)109(70)5/h11-14,17-20,25-28,40-42,49-50,56,61-74,96-97,114-116H,7-10,15-16,21-24,29-39,43-48,92H2,1-6H3,(H2,93,117)(H2,94,118)(H,95,99)(H,98,120)(H,100,119)(H,101,125)(H,102,127)(H,103,126)(H,104,123)(H,105,124)(H,106,128)(H,107,122)(H,108,121)/t56-,61+,62+,63+,64+,65+,66+,67+,68+,69+,70+,71+,72+,73+,74?/m1/s1. The Morgan fingerprint density at radius 2 is 1.10 bits per heavy atom. The van der Waals surface area contributed by atoms with E-state index in [9.17, 15) is 48.9 Å². The number of aliphatic hydroxyl groups excluding tert-OH is 2. The molecule has 7 heterocycles. The third-order valence-electron chi connectivity index (χ3n) is 24.4. The van der Waals surface area contributed by atoms with Gasteiger partial charge in [0.15, 0.2) is 0 Å². The fourth-order valence-electron chi connectivity index (χ4n) is 17.2. The molecular weight excluding hydrogens is 1770 g/mol. The number of rotatable bonds is 25. The van der Waals surface area contributed by atoms with E-state index in [-0.39, 0.29) is 114 Å². The summed E-state index contributed by atoms with van der Waals surface area (Å²) >= 11 is 0.782. The van der Waals surface area contributed by atoms with Gasteiger partial charge in [0, 0.05) is 112 Å². The van der Waals surface area contributed by atoms with Gasteiger partial charge in [-0.2, -0.15) is 0 Å². The maximum absolute atomic E-state index is 15.7. The minimum atomic E-state index is -1.88. The average molecular weight is 1900 g/mol. The quantitative estimate of drug-likeness (QED) is 0.0270. The number of hydrogen-bond acceptors (Lipinski definition) is 24. The lowest BCUT2D eigenvalue weighted by atomic mass is 10.00. The van der Waals surface area contributed by atoms with Gasteiger partial charge >= 0.3 is 0 Å². The van der Waals surface area contributed by atoms with Gasteiger partial charge in [-0.3, -0.25) is 81.5 Å². The van der Waals surface area contributed by atoms with Crippen LogP contribution in [0.5, 0.6) is 5.75 Å². The molecule has 0 aliphatic carbocycles. The van der Waals surface area contributed by atoms with E-state index >= 15 is 47.9 Å². The predicted octanol–water partition coefficient (Wildman–Crippen LogP) is -3.07. The number of aromatic nitrogens is 4. The zero-order valence-electron chi connectivity index (χ0n) is 76.6. The molecular formula is C91H126N22O21S. The number of amides is 17. The molecule has 44 heteroatoms. The van der Waals surface area contributed by atoms with E-state index in [2.05, 4.69) is 73.1 Å². The van der Waals surface area contributed by atoms with Crippen LogP contribution in [0, 0.1) is 5.92 Å². The summed E-state index contributed by atoms with van der Waals surface area (Å²) in [6, 6.07) is -2.08. The van der Waals surface area contributed by atoms with E-state index in [1.807, 2.05) is 13.8 Å². The summed E-state index contributed by atoms with van der Waals surface area (Å²) in [4.78, 5) is 270. The molecule has 4 aliphatic rings. The number of H-pyrrole nitrogens is 3. The molecule has 4 aliphatic heterocycles. The number of phenols is 1. The van der Waals surface area contributed by atoms with Gasteiger partial charge in [-0.05, 0) is 98.4 Å². The van der Waals surface area contributed by atoms with Crippen molar-refractivity contribution in [3.8, 4) is 5.75 Å². The Morgan fingerprint density at radius 3 is 1.71 bits per heavy atom. The molecule has 17 amide bonds. The van der Waals surface area contributed by atoms with Crippen LogP contribution < -0.4 is 70.4 Å². The maximum atomic E-state index is 15.7. The number of para-hydroxylation sites is 2. The van der Waals surface area contributed by atoms with Crippen LogP contribution >= 0.6 is 11.8 Å². The number of thioether (sulfide) groups is 1. The molecule has 22 N–H and O–H groups in total. The molecule has 4 saturated heterocycles. The zero-order valence-corrected chi connectivity index (χ0v) is 77.4. The summed E-state index contributed by atoms with van der Waals surface area (Å²) in [5.41, 5.74) is 20.2. The Balaban J connectivity index is 1.02. The molecule has 6 aromatic rings. The number of carbonyl (C=O) groups is 17. The first-order chi connectivity index (χ1) is 64.6. The van der Waals surface area contributed by atoms with Crippen LogP contribution in [-0.4, -0.2) is 329 Å². The van der Waals surface area contributed by atoms with Crippen LogP contribution in [0.3, 0.4) is 0 Å². The fraction of sp³-hybridized carbons (Fsp3) is 0.538. The predicted molar refractivity (Wildman–Crippen MR) is 493 cm³/mol. The summed E-state index contributed by atoms with van der Waals surface area (Å²) in [6.45, 7) is 3.88. The van der Waals surface area contributed by atoms with Crippen molar-refractivity contribution in [3.63, 3.8) is 0 Å². The Labute approximate surface area is 784 Å². The van der Waals surface area contributed by atoms with Crippen molar-refractivity contribution in [3.05, 3.63) is 120 Å². The van der Waals surface area contributed by atoms with Gasteiger partial charge in [0.2, 0.25) is 100 Å². The van der Waals surface area contributed by atoms with Crippen LogP contribution in [0.15, 0.2) is 97.7 Å². The number of carbonyl (C=O) groups excluding carboxylic acids is 17. The number of aromatic amines is 3. The first kappa shape index (κ1) is 104. The number of morpholine rings is 1. The van der Waals surface area contributed by atoms with Crippen molar-refractivity contribution in [2.45, 2.75) is 228 Å². The molecule has 0 saturated carbocycles. The summed E-state index contributed by atoms with van der Waals surface area (Å²) in [5, 5.41) is 60.9. The van der Waals surface area contributed by atoms with Crippen molar-refractivity contribution in [1.29, 1.82) is 0 Å². The number of ether oxygens (including phenoxy) is 1. The van der Waals surface area contributed by atoms with E-state index in [4.69, 9.17) is 21.9 Å². The number of nitrogens with one attached hydrogen (secondary N) is 13. The van der Waals surface area contributed by atoms with E-state index in [0.29, 0.717) is 64.2 Å². The van der Waals surface area contributed by atoms with Gasteiger partial charge in [0.1, 0.15) is 90.3 Å². The summed E-state index contributed by atoms with van der Waals surface area (Å²) in [7, 11) is 2.71. The fourth-order valence-corrected chi connectivity index (χ4v) is 18.1. The van der Waals surface area contributed by atoms with Crippen molar-refractivity contribution >= 4 is 134 Å². The molecule has 4 fully saturated rings. The number of nitrogens with two attached hydrogens (primary N) is 3. The first-order valence-corrected chi connectivity index (χ1v) is 46.8. The number of aliphatic hydroxyl groups is 2. The highest BCUT2D eigenvalue weighted by atomic mass is 32.2. The summed E-state index contributed by atoms with van der Waals surface area (Å²) < 4.78 is 5.74. The molecule has 0 spiro atoms. The largest absolute Gasteiger partial charge is 0.508 e. The van der Waals surface area contributed by atoms with Gasteiger partial charge < -0.3 is 130 Å². The molecule has 0 bridgehead atoms. The van der Waals surface area contributed by atoms with Crippen molar-refractivity contribution in [2.24, 2.45) is 23.1 Å². The lowest BCUT2D eigenvalue weighted by Crippen LogP contribution is -2.63. The third kappa shape index (κ3) is 28.3. The van der Waals surface area contributed by atoms with Crippen LogP contribution in [0.25, 0.3) is 21.8 Å². The van der Waals surface area contributed by atoms with Gasteiger partial charge in [0.05, 0.1) is 56.7 Å². The zero-order chi connectivity index (χ0) is 97.9. The molecule has 15 atom stereocenters. The monoisotopic (exact) mass is 1890 g/mol. The number of unbranched alkanes of at least 4 members (excludes halogenated alkanes) is 2. The number of benzene rings is 3. The molecule has 1 unspecified atom stereocenters. The first-order valence-electron chi connectivity index (χ1n) is 45.6. The van der Waals surface area contributed by atoms with Crippen LogP contribution in [0.4, 0.5) is 0 Å². The highest BCUT2D eigenvalue weighted by Gasteiger charge is 2.48. The van der Waals surface area contributed by atoms with Crippen LogP contribution in [-0.2, 0) is 112 Å². The van der Waals surface area contributed by atoms with Gasteiger partial charge in [-0.15, -0.1) is 11.8 Å². The minimum Gasteiger partial charge on any atom is -0.508 e. The molecule has 3 aromatic heterocycles. The number of primary amides is 2. The number of nitrogens with zero attached hydrogens (tertiary/aromatic N) is 6. The SMILES string of the molecule is CCCC[C@H]1C(=O)N(C)[C@@H](CCCC)C(=O)N[C@@H](CCCN)C(=O)N[C@H](C(=O)NCC(N)=O)CSCC(=O)N[C@@H](Cc2ccc(O)cc2)C(=O)N2CCOCC2C(=O)N[C@@H](CC(N)=O)C(=O)N2CCC[C@H]2C(=O)N[C@@H](Cc2c[nH]cn2)C(=O)N[C@@H](CC(C)C)C(=O)N2C[C@H](O)C[C@H]2C(=O)N[C@@H](Cc2c[nH]c3ccccc23)C(=O)N[C@@H](CO)C(=O)N[C@@H](Cc2c[nH]c3ccccc23)C(=O)N1C. The Kier molecular flexibility index (Phi) is 38.4. The van der Waals surface area contributed by atoms with Gasteiger partial charge in [0.25, 0.3) is 0 Å². The topological polar surface area (TPSA) is 635 Å². The molecule has 43 nitrogen and oxygen atoms in total. The molecule has 0 radical (unpaired) electrons. The lowest BCUT2D eigenvalue weighted by molar-refractivity contribution is -0.152. The third-order valence-corrected chi connectivity index (χ3v) is 25.5. The maximum Gasteiger partial charge on any atom is 0.246 e. The van der Waals surface area contributed by atoms with E-state index in [1.165, 1.54) is 55.8 Å². The van der Waals surface area contributed by atoms with E-state index < -0.39 is 242 Å². The lowest BCUT2D eigenvalue weighted by Gasteiger charge is -2.38. The smallest absolute Gasteiger partial charge is 0.246 e. The van der Waals surface area contributed by atoms with E-state index in [1.54, 1.807) is 74.8 Å². The second kappa shape index (κ2) is 49.8. The Bertz CT molecular complexity index is 5190. The number of fused-ring (bicyclic) bond motifs is 5. The summed E-state index contributed by atoms with van der Waals surface area (Å²) in [6.07, 6.45) is 4.00. The Morgan fingerprint density at radius 1 is 0.556 bits per heavy atom. The Hall–Kier alpha value is -13.1. The highest BCUT2D eigenvalue weighted by molar-refractivity contribution is 8.00. The highest BCUT2D eigenvalue weighted by Crippen LogP contribution is 2.29. The van der Waals surface area contributed by atoms with Crippen LogP contribution in [0.2, 0.25) is 0 Å². The molecule has 135 heavy (non-hydrogen) atoms. The number of phenolic OH excluding ortho intramolecular Hbond substituents is 1. The van der Waals surface area contributed by atoms with Crippen molar-refractivity contribution < 1.29 is 102 Å². The second-order valence-corrected chi connectivity index (χ2v) is 35.9. The number of aromatic hydroxyl groups is 1. The van der Waals surface area contributed by atoms with Gasteiger partial charge in [-0.25, -0.2) is 4.98 Å². The number of imidazole rings is 1. The summed E-state index contributed by atoms with van der Waals surface area (Å²) in [5.74, 6) is -17.4. The van der Waals surface area contributed by atoms with Crippen LogP contribution in [0.1, 0.15) is 134 Å². The van der Waals surface area contributed by atoms with Gasteiger partial charge in [-0.1, -0.05) is 102 Å². The second-order valence-electron chi connectivity index (χ2n) is 34.9. The van der Waals surface area contributed by atoms with Crippen molar-refractivity contribution in [2.75, 3.05) is 78.1 Å². The number of hydrogen-bond donors (Lipinski definition) is 19. The normalized spacial score (nSPS) is 25.3.